The van der Waals surface area contributed by atoms with E-state index >= 15 is 0 Å². The van der Waals surface area contributed by atoms with Crippen LogP contribution in [0, 0.1) is 10.1 Å². The Morgan fingerprint density at radius 1 is 1.30 bits per heavy atom. The summed E-state index contributed by atoms with van der Waals surface area (Å²) in [5.41, 5.74) is 1.13. The summed E-state index contributed by atoms with van der Waals surface area (Å²) >= 11 is 1.32. The zero-order valence-electron chi connectivity index (χ0n) is 11.2. The minimum absolute atomic E-state index is 0.103. The second kappa shape index (κ2) is 6.49. The van der Waals surface area contributed by atoms with Gasteiger partial charge in [0.25, 0.3) is 5.69 Å². The molecule has 1 heterocycles. The highest BCUT2D eigenvalue weighted by Crippen LogP contribution is 2.36. The van der Waals surface area contributed by atoms with Gasteiger partial charge in [0.1, 0.15) is 5.03 Å². The van der Waals surface area contributed by atoms with Crippen molar-refractivity contribution in [2.24, 2.45) is 0 Å². The van der Waals surface area contributed by atoms with Gasteiger partial charge in [-0.05, 0) is 26.1 Å². The summed E-state index contributed by atoms with van der Waals surface area (Å²) in [6, 6.07) is 10.7. The number of nitrogens with zero attached hydrogens (tertiary/aromatic N) is 2. The Morgan fingerprint density at radius 2 is 2.05 bits per heavy atom. The Morgan fingerprint density at radius 3 is 2.75 bits per heavy atom. The smallest absolute Gasteiger partial charge is 0.283 e. The molecule has 2 rings (SSSR count). The maximum Gasteiger partial charge on any atom is 0.283 e. The van der Waals surface area contributed by atoms with Gasteiger partial charge >= 0.3 is 0 Å². The molecule has 20 heavy (non-hydrogen) atoms. The van der Waals surface area contributed by atoms with E-state index in [1.165, 1.54) is 17.8 Å². The third-order valence-corrected chi connectivity index (χ3v) is 4.07. The van der Waals surface area contributed by atoms with E-state index < -0.39 is 0 Å². The molecule has 0 amide bonds. The van der Waals surface area contributed by atoms with Crippen LogP contribution in [0.4, 0.5) is 5.69 Å². The van der Waals surface area contributed by atoms with Gasteiger partial charge in [-0.1, -0.05) is 30.0 Å². The Bertz CT molecular complexity index is 619. The van der Waals surface area contributed by atoms with Gasteiger partial charge < -0.3 is 5.32 Å². The first-order valence-corrected chi connectivity index (χ1v) is 6.98. The topological polar surface area (TPSA) is 68.1 Å². The van der Waals surface area contributed by atoms with Gasteiger partial charge in [-0.25, -0.2) is 4.98 Å². The molecule has 0 fully saturated rings. The number of para-hydroxylation sites is 1. The molecule has 2 aromatic rings. The van der Waals surface area contributed by atoms with Crippen LogP contribution in [0.5, 0.6) is 0 Å². The Labute approximate surface area is 121 Å². The molecule has 1 aromatic carbocycles. The van der Waals surface area contributed by atoms with Crippen molar-refractivity contribution < 1.29 is 4.92 Å². The number of benzene rings is 1. The molecule has 1 aromatic heterocycles. The van der Waals surface area contributed by atoms with E-state index in [9.17, 15) is 10.1 Å². The van der Waals surface area contributed by atoms with Gasteiger partial charge in [-0.15, -0.1) is 0 Å². The molecule has 0 aliphatic heterocycles. The molecular weight excluding hydrogens is 274 g/mol. The van der Waals surface area contributed by atoms with Gasteiger partial charge in [0, 0.05) is 23.9 Å². The lowest BCUT2D eigenvalue weighted by Gasteiger charge is -2.14. The Kier molecular flexibility index (Phi) is 4.70. The molecule has 0 spiro atoms. The molecule has 0 bridgehead atoms. The van der Waals surface area contributed by atoms with Crippen LogP contribution in [-0.4, -0.2) is 17.0 Å². The van der Waals surface area contributed by atoms with E-state index in [1.54, 1.807) is 24.4 Å². The first kappa shape index (κ1) is 14.5. The van der Waals surface area contributed by atoms with Crippen LogP contribution in [-0.2, 0) is 0 Å². The van der Waals surface area contributed by atoms with Crippen molar-refractivity contribution in [1.82, 2.24) is 10.3 Å². The fourth-order valence-corrected chi connectivity index (χ4v) is 2.85. The van der Waals surface area contributed by atoms with Crippen molar-refractivity contribution in [1.29, 1.82) is 0 Å². The van der Waals surface area contributed by atoms with Crippen molar-refractivity contribution in [3.05, 3.63) is 58.3 Å². The molecule has 0 radical (unpaired) electrons. The summed E-state index contributed by atoms with van der Waals surface area (Å²) in [4.78, 5) is 15.6. The molecule has 0 saturated carbocycles. The highest BCUT2D eigenvalue weighted by Gasteiger charge is 2.17. The maximum absolute atomic E-state index is 11.0. The van der Waals surface area contributed by atoms with Gasteiger partial charge in [-0.3, -0.25) is 10.1 Å². The average Bonchev–Trinajstić information content (AvgIpc) is 2.47. The zero-order valence-corrected chi connectivity index (χ0v) is 12.1. The Hall–Kier alpha value is -1.92. The second-order valence-corrected chi connectivity index (χ2v) is 5.27. The van der Waals surface area contributed by atoms with Crippen LogP contribution in [0.15, 0.2) is 52.5 Å². The SMILES string of the molecule is CNC(C)c1cccnc1Sc1ccccc1[N+](=O)[O-]. The molecule has 6 heteroatoms. The summed E-state index contributed by atoms with van der Waals surface area (Å²) < 4.78 is 0. The number of nitro benzene ring substituents is 1. The lowest BCUT2D eigenvalue weighted by Crippen LogP contribution is -2.13. The molecule has 0 aliphatic carbocycles. The predicted molar refractivity (Wildman–Crippen MR) is 78.9 cm³/mol. The fraction of sp³-hybridized carbons (Fsp3) is 0.214. The van der Waals surface area contributed by atoms with E-state index in [0.29, 0.717) is 4.90 Å². The number of pyridine rings is 1. The molecular formula is C14H15N3O2S. The third kappa shape index (κ3) is 3.15. The molecule has 5 nitrogen and oxygen atoms in total. The number of nitro groups is 1. The van der Waals surface area contributed by atoms with Crippen molar-refractivity contribution in [3.8, 4) is 0 Å². The molecule has 1 N–H and O–H groups in total. The van der Waals surface area contributed by atoms with Crippen LogP contribution < -0.4 is 5.32 Å². The molecule has 1 atom stereocenters. The number of aromatic nitrogens is 1. The van der Waals surface area contributed by atoms with Crippen molar-refractivity contribution >= 4 is 17.4 Å². The van der Waals surface area contributed by atoms with Crippen LogP contribution in [0.3, 0.4) is 0 Å². The highest BCUT2D eigenvalue weighted by atomic mass is 32.2. The van der Waals surface area contributed by atoms with Crippen LogP contribution in [0.2, 0.25) is 0 Å². The normalized spacial score (nSPS) is 12.1. The lowest BCUT2D eigenvalue weighted by atomic mass is 10.1. The molecule has 0 aliphatic rings. The minimum Gasteiger partial charge on any atom is -0.313 e. The van der Waals surface area contributed by atoms with Crippen molar-refractivity contribution in [3.63, 3.8) is 0 Å². The zero-order chi connectivity index (χ0) is 14.5. The summed E-state index contributed by atoms with van der Waals surface area (Å²) in [5.74, 6) is 0. The molecule has 0 saturated heterocycles. The minimum atomic E-state index is -0.369. The third-order valence-electron chi connectivity index (χ3n) is 2.97. The summed E-state index contributed by atoms with van der Waals surface area (Å²) in [5, 5.41) is 15.0. The summed E-state index contributed by atoms with van der Waals surface area (Å²) in [7, 11) is 1.87. The van der Waals surface area contributed by atoms with Crippen LogP contribution in [0.25, 0.3) is 0 Å². The van der Waals surface area contributed by atoms with Gasteiger partial charge in [0.2, 0.25) is 0 Å². The van der Waals surface area contributed by atoms with Crippen LogP contribution in [0.1, 0.15) is 18.5 Å². The monoisotopic (exact) mass is 289 g/mol. The standard InChI is InChI=1S/C14H15N3O2S/c1-10(15-2)11-6-5-9-16-14(11)20-13-8-4-3-7-12(13)17(18)19/h3-10,15H,1-2H3. The average molecular weight is 289 g/mol. The van der Waals surface area contributed by atoms with E-state index in [-0.39, 0.29) is 16.7 Å². The number of nitrogens with one attached hydrogen (secondary N) is 1. The van der Waals surface area contributed by atoms with Crippen molar-refractivity contribution in [2.45, 2.75) is 22.9 Å². The van der Waals surface area contributed by atoms with Crippen LogP contribution >= 0.6 is 11.8 Å². The first-order chi connectivity index (χ1) is 9.63. The lowest BCUT2D eigenvalue weighted by molar-refractivity contribution is -0.387. The molecule has 104 valence electrons. The second-order valence-electron chi connectivity index (χ2n) is 4.24. The quantitative estimate of drug-likeness (QED) is 0.674. The van der Waals surface area contributed by atoms with Crippen molar-refractivity contribution in [2.75, 3.05) is 7.05 Å². The predicted octanol–water partition coefficient (Wildman–Crippen LogP) is 3.42. The summed E-state index contributed by atoms with van der Waals surface area (Å²) in [6.45, 7) is 2.03. The Balaban J connectivity index is 2.38. The maximum atomic E-state index is 11.0. The highest BCUT2D eigenvalue weighted by molar-refractivity contribution is 7.99. The number of hydrogen-bond acceptors (Lipinski definition) is 5. The molecule has 1 unspecified atom stereocenters. The van der Waals surface area contributed by atoms with E-state index in [4.69, 9.17) is 0 Å². The number of hydrogen-bond donors (Lipinski definition) is 1. The summed E-state index contributed by atoms with van der Waals surface area (Å²) in [6.07, 6.45) is 1.70. The van der Waals surface area contributed by atoms with E-state index in [0.717, 1.165) is 10.6 Å². The van der Waals surface area contributed by atoms with Gasteiger partial charge in [0.05, 0.1) is 9.82 Å². The largest absolute Gasteiger partial charge is 0.313 e. The number of rotatable bonds is 5. The van der Waals surface area contributed by atoms with E-state index in [1.807, 2.05) is 26.1 Å². The first-order valence-electron chi connectivity index (χ1n) is 6.17. The van der Waals surface area contributed by atoms with E-state index in [2.05, 4.69) is 10.3 Å². The van der Waals surface area contributed by atoms with Gasteiger partial charge in [0.15, 0.2) is 0 Å². The van der Waals surface area contributed by atoms with Gasteiger partial charge in [-0.2, -0.15) is 0 Å². The fourth-order valence-electron chi connectivity index (χ4n) is 1.77.